The van der Waals surface area contributed by atoms with Crippen LogP contribution in [0.3, 0.4) is 0 Å². The number of aliphatic hydroxyl groups is 1. The van der Waals surface area contributed by atoms with Gasteiger partial charge in [-0.2, -0.15) is 8.78 Å². The van der Waals surface area contributed by atoms with Crippen molar-refractivity contribution in [3.05, 3.63) is 89.1 Å². The van der Waals surface area contributed by atoms with Gasteiger partial charge in [0.05, 0.1) is 12.3 Å². The number of aliphatic imine (C=N–C) groups is 1. The lowest BCUT2D eigenvalue weighted by atomic mass is 9.84. The van der Waals surface area contributed by atoms with Gasteiger partial charge in [-0.15, -0.1) is 5.10 Å². The largest absolute Gasteiger partial charge is 0.377 e. The molecular weight excluding hydrogens is 469 g/mol. The van der Waals surface area contributed by atoms with E-state index in [0.29, 0.717) is 17.2 Å². The molecule has 0 radical (unpaired) electrons. The second-order valence-corrected chi connectivity index (χ2v) is 7.70. The molecule has 182 valence electrons. The molecule has 0 saturated heterocycles. The van der Waals surface area contributed by atoms with Crippen molar-refractivity contribution in [2.45, 2.75) is 38.3 Å². The fraction of sp³-hybridized carbons (Fsp3) is 0.250. The van der Waals surface area contributed by atoms with Crippen LogP contribution in [0.2, 0.25) is 0 Å². The molecule has 0 bridgehead atoms. The zero-order chi connectivity index (χ0) is 25.6. The van der Waals surface area contributed by atoms with E-state index in [2.05, 4.69) is 32.4 Å². The first-order chi connectivity index (χ1) is 16.5. The lowest BCUT2D eigenvalue weighted by molar-refractivity contribution is -0.155. The normalized spacial score (nSPS) is 14.3. The minimum atomic E-state index is -4.14. The number of aromatic nitrogens is 4. The van der Waals surface area contributed by atoms with Crippen molar-refractivity contribution in [3.63, 3.8) is 0 Å². The summed E-state index contributed by atoms with van der Waals surface area (Å²) in [5.74, 6) is -1.40. The van der Waals surface area contributed by atoms with E-state index in [0.717, 1.165) is 36.3 Å². The van der Waals surface area contributed by atoms with Gasteiger partial charge in [-0.25, -0.2) is 17.9 Å². The van der Waals surface area contributed by atoms with Gasteiger partial charge in [-0.05, 0) is 54.1 Å². The molecule has 11 heteroatoms. The Morgan fingerprint density at radius 1 is 1.11 bits per heavy atom. The number of allylic oxidation sites excluding steroid dienone is 1. The smallest absolute Gasteiger partial charge is 0.319 e. The molecule has 1 atom stereocenters. The highest BCUT2D eigenvalue weighted by atomic mass is 19.3. The molecule has 1 N–H and O–H groups in total. The summed E-state index contributed by atoms with van der Waals surface area (Å²) >= 11 is 0. The van der Waals surface area contributed by atoms with Crippen molar-refractivity contribution in [1.29, 1.82) is 0 Å². The molecule has 0 saturated carbocycles. The Kier molecular flexibility index (Phi) is 7.76. The van der Waals surface area contributed by atoms with Crippen LogP contribution in [-0.2, 0) is 18.6 Å². The number of benzene rings is 2. The highest BCUT2D eigenvalue weighted by Crippen LogP contribution is 2.41. The second-order valence-electron chi connectivity index (χ2n) is 7.70. The van der Waals surface area contributed by atoms with E-state index in [9.17, 15) is 18.3 Å². The van der Waals surface area contributed by atoms with Crippen LogP contribution in [0.15, 0.2) is 65.6 Å². The van der Waals surface area contributed by atoms with Crippen molar-refractivity contribution in [2.24, 2.45) is 4.99 Å². The molecule has 0 spiro atoms. The Hall–Kier alpha value is -3.91. The molecular formula is C24H20F5N5O. The number of alkyl halides is 2. The first kappa shape index (κ1) is 25.7. The van der Waals surface area contributed by atoms with Gasteiger partial charge in [0.15, 0.2) is 5.60 Å². The maximum Gasteiger partial charge on any atom is 0.319 e. The molecule has 0 amide bonds. The zero-order valence-electron chi connectivity index (χ0n) is 18.7. The van der Waals surface area contributed by atoms with Gasteiger partial charge in [-0.1, -0.05) is 24.0 Å². The molecule has 3 aromatic rings. The maximum atomic E-state index is 15.6. The second kappa shape index (κ2) is 10.6. The lowest BCUT2D eigenvalue weighted by Crippen LogP contribution is -2.53. The van der Waals surface area contributed by atoms with Crippen LogP contribution in [0.1, 0.15) is 25.0 Å². The van der Waals surface area contributed by atoms with Gasteiger partial charge in [0.25, 0.3) is 0 Å². The van der Waals surface area contributed by atoms with E-state index in [1.165, 1.54) is 19.1 Å². The van der Waals surface area contributed by atoms with E-state index in [1.54, 1.807) is 12.1 Å². The molecule has 0 aliphatic carbocycles. The third kappa shape index (κ3) is 5.96. The summed E-state index contributed by atoms with van der Waals surface area (Å²) in [7, 11) is 0. The average Bonchev–Trinajstić information content (AvgIpc) is 3.30. The first-order valence-corrected chi connectivity index (χ1v) is 10.2. The molecule has 2 aromatic carbocycles. The van der Waals surface area contributed by atoms with E-state index in [1.807, 2.05) is 0 Å². The summed E-state index contributed by atoms with van der Waals surface area (Å²) in [6.07, 6.45) is 2.27. The first-order valence-electron chi connectivity index (χ1n) is 10.2. The van der Waals surface area contributed by atoms with Gasteiger partial charge < -0.3 is 5.11 Å². The van der Waals surface area contributed by atoms with Gasteiger partial charge >= 0.3 is 5.92 Å². The van der Waals surface area contributed by atoms with E-state index >= 15 is 8.78 Å². The minimum Gasteiger partial charge on any atom is -0.377 e. The average molecular weight is 489 g/mol. The molecule has 6 nitrogen and oxygen atoms in total. The predicted molar refractivity (Wildman–Crippen MR) is 118 cm³/mol. The SMILES string of the molecule is CC(=N/C=C(\C)C#CCc1cccc(F)c1)C(F)(F)C(O)(Cn1cnnn1)c1ccc(F)cc1F. The number of hydrogen-bond acceptors (Lipinski definition) is 5. The van der Waals surface area contributed by atoms with E-state index in [4.69, 9.17) is 0 Å². The highest BCUT2D eigenvalue weighted by molar-refractivity contribution is 5.91. The third-order valence-electron chi connectivity index (χ3n) is 5.05. The summed E-state index contributed by atoms with van der Waals surface area (Å²) in [5.41, 5.74) is -3.97. The molecule has 1 heterocycles. The van der Waals surface area contributed by atoms with Crippen LogP contribution >= 0.6 is 0 Å². The molecule has 0 fully saturated rings. The standard InChI is InChI=1S/C24H20F5N5O/c1-16(5-3-6-18-7-4-8-19(25)11-18)13-30-17(2)24(28,29)23(35,14-34-15-31-32-33-34)21-10-9-20(26)12-22(21)27/h4,7-13,15,35H,6,14H2,1-2H3/b16-13+,30-17?. The summed E-state index contributed by atoms with van der Waals surface area (Å²) in [5, 5.41) is 21.2. The molecule has 35 heavy (non-hydrogen) atoms. The Bertz CT molecular complexity index is 1310. The topological polar surface area (TPSA) is 76.2 Å². The van der Waals surface area contributed by atoms with Crippen molar-refractivity contribution in [2.75, 3.05) is 0 Å². The minimum absolute atomic E-state index is 0.233. The fourth-order valence-corrected chi connectivity index (χ4v) is 3.20. The third-order valence-corrected chi connectivity index (χ3v) is 5.05. The van der Waals surface area contributed by atoms with Gasteiger partial charge in [-0.3, -0.25) is 4.99 Å². The van der Waals surface area contributed by atoms with Gasteiger partial charge in [0.2, 0.25) is 0 Å². The van der Waals surface area contributed by atoms with Crippen LogP contribution in [0, 0.1) is 29.3 Å². The summed E-state index contributed by atoms with van der Waals surface area (Å²) < 4.78 is 73.0. The van der Waals surface area contributed by atoms with Crippen molar-refractivity contribution in [3.8, 4) is 11.8 Å². The van der Waals surface area contributed by atoms with E-state index in [-0.39, 0.29) is 6.42 Å². The number of nitrogens with zero attached hydrogens (tertiary/aromatic N) is 5. The molecule has 1 aromatic heterocycles. The fourth-order valence-electron chi connectivity index (χ4n) is 3.20. The van der Waals surface area contributed by atoms with Crippen molar-refractivity contribution >= 4 is 5.71 Å². The Morgan fingerprint density at radius 2 is 1.86 bits per heavy atom. The van der Waals surface area contributed by atoms with Gasteiger partial charge in [0, 0.05) is 29.8 Å². The Morgan fingerprint density at radius 3 is 2.51 bits per heavy atom. The summed E-state index contributed by atoms with van der Waals surface area (Å²) in [4.78, 5) is 3.73. The molecule has 0 aliphatic rings. The molecule has 0 aliphatic heterocycles. The van der Waals surface area contributed by atoms with Crippen LogP contribution < -0.4 is 0 Å². The number of tetrazole rings is 1. The Labute approximate surface area is 197 Å². The summed E-state index contributed by atoms with van der Waals surface area (Å²) in [6.45, 7) is 1.54. The van der Waals surface area contributed by atoms with Crippen LogP contribution in [0.4, 0.5) is 22.0 Å². The summed E-state index contributed by atoms with van der Waals surface area (Å²) in [6, 6.07) is 7.75. The lowest BCUT2D eigenvalue weighted by Gasteiger charge is -2.36. The van der Waals surface area contributed by atoms with Crippen LogP contribution in [0.25, 0.3) is 0 Å². The monoisotopic (exact) mass is 489 g/mol. The number of rotatable bonds is 7. The quantitative estimate of drug-likeness (QED) is 0.306. The number of halogens is 5. The number of hydrogen-bond donors (Lipinski definition) is 1. The molecule has 3 rings (SSSR count). The van der Waals surface area contributed by atoms with Crippen LogP contribution in [0.5, 0.6) is 0 Å². The maximum absolute atomic E-state index is 15.6. The van der Waals surface area contributed by atoms with Gasteiger partial charge in [0.1, 0.15) is 23.8 Å². The Balaban J connectivity index is 1.91. The van der Waals surface area contributed by atoms with Crippen molar-refractivity contribution < 1.29 is 27.1 Å². The predicted octanol–water partition coefficient (Wildman–Crippen LogP) is 4.22. The highest BCUT2D eigenvalue weighted by Gasteiger charge is 2.57. The van der Waals surface area contributed by atoms with Crippen LogP contribution in [-0.4, -0.2) is 36.9 Å². The zero-order valence-corrected chi connectivity index (χ0v) is 18.7. The molecule has 1 unspecified atom stereocenters. The van der Waals surface area contributed by atoms with Crippen molar-refractivity contribution in [1.82, 2.24) is 20.2 Å². The van der Waals surface area contributed by atoms with E-state index < -0.39 is 46.8 Å².